The van der Waals surface area contributed by atoms with Gasteiger partial charge in [-0.05, 0) is 53.0 Å². The molecule has 0 unspecified atom stereocenters. The van der Waals surface area contributed by atoms with Crippen LogP contribution >= 0.6 is 15.9 Å². The van der Waals surface area contributed by atoms with Gasteiger partial charge in [-0.15, -0.1) is 0 Å². The molecule has 2 aromatic rings. The van der Waals surface area contributed by atoms with Gasteiger partial charge in [-0.1, -0.05) is 30.3 Å². The molecule has 1 aliphatic rings. The van der Waals surface area contributed by atoms with Gasteiger partial charge < -0.3 is 14.7 Å². The van der Waals surface area contributed by atoms with Crippen LogP contribution in [0.5, 0.6) is 5.75 Å². The molecule has 1 aliphatic heterocycles. The first-order valence-electron chi connectivity index (χ1n) is 7.94. The smallest absolute Gasteiger partial charge is 0.257 e. The Morgan fingerprint density at radius 2 is 1.96 bits per heavy atom. The van der Waals surface area contributed by atoms with Crippen molar-refractivity contribution in [3.63, 3.8) is 0 Å². The van der Waals surface area contributed by atoms with Gasteiger partial charge in [0.05, 0.1) is 22.7 Å². The molecule has 0 spiro atoms. The highest BCUT2D eigenvalue weighted by Crippen LogP contribution is 2.32. The van der Waals surface area contributed by atoms with E-state index in [0.717, 1.165) is 11.1 Å². The number of carbonyl (C=O) groups is 1. The minimum Gasteiger partial charge on any atom is -0.506 e. The van der Waals surface area contributed by atoms with Gasteiger partial charge in [-0.3, -0.25) is 4.79 Å². The number of aromatic hydroxyl groups is 1. The molecule has 24 heavy (non-hydrogen) atoms. The Hall–Kier alpha value is -1.85. The molecular weight excluding hydrogens is 370 g/mol. The van der Waals surface area contributed by atoms with Crippen molar-refractivity contribution in [1.82, 2.24) is 4.90 Å². The number of halogens is 1. The van der Waals surface area contributed by atoms with Crippen molar-refractivity contribution in [1.29, 1.82) is 0 Å². The molecular formula is C19H20BrNO3. The topological polar surface area (TPSA) is 49.8 Å². The van der Waals surface area contributed by atoms with Gasteiger partial charge in [0.1, 0.15) is 11.9 Å². The monoisotopic (exact) mass is 389 g/mol. The van der Waals surface area contributed by atoms with Gasteiger partial charge in [0, 0.05) is 6.54 Å². The number of hydrogen-bond acceptors (Lipinski definition) is 3. The Kier molecular flexibility index (Phi) is 4.92. The fraction of sp³-hybridized carbons (Fsp3) is 0.316. The Morgan fingerprint density at radius 3 is 2.67 bits per heavy atom. The maximum absolute atomic E-state index is 12.9. The number of phenolic OH excluding ortho intramolecular Hbond substituents is 1. The second-order valence-electron chi connectivity index (χ2n) is 6.20. The second kappa shape index (κ2) is 6.95. The number of benzene rings is 2. The lowest BCUT2D eigenvalue weighted by molar-refractivity contribution is -0.0692. The van der Waals surface area contributed by atoms with E-state index in [1.165, 1.54) is 0 Å². The quantitative estimate of drug-likeness (QED) is 0.841. The van der Waals surface area contributed by atoms with Gasteiger partial charge >= 0.3 is 0 Å². The van der Waals surface area contributed by atoms with E-state index in [4.69, 9.17) is 4.74 Å². The summed E-state index contributed by atoms with van der Waals surface area (Å²) in [5.74, 6) is -0.186. The van der Waals surface area contributed by atoms with Crippen LogP contribution in [0.2, 0.25) is 0 Å². The molecule has 0 aromatic heterocycles. The molecule has 2 aromatic carbocycles. The predicted octanol–water partition coefficient (Wildman–Crippen LogP) is 4.07. The van der Waals surface area contributed by atoms with Crippen molar-refractivity contribution in [2.45, 2.75) is 26.1 Å². The number of aryl methyl sites for hydroxylation is 1. The maximum atomic E-state index is 12.9. The Labute approximate surface area is 150 Å². The molecule has 4 nitrogen and oxygen atoms in total. The molecule has 3 rings (SSSR count). The number of ether oxygens (including phenoxy) is 1. The number of phenols is 1. The van der Waals surface area contributed by atoms with Crippen LogP contribution in [0.15, 0.2) is 46.9 Å². The van der Waals surface area contributed by atoms with E-state index in [0.29, 0.717) is 23.1 Å². The third-order valence-corrected chi connectivity index (χ3v) is 4.76. The fourth-order valence-corrected chi connectivity index (χ4v) is 3.61. The van der Waals surface area contributed by atoms with Crippen LogP contribution in [0.25, 0.3) is 0 Å². The number of nitrogens with zero attached hydrogens (tertiary/aromatic N) is 1. The SMILES string of the molecule is Cc1cc(Br)c(O)c(C(=O)N2C[C@@H](c3ccccc3)O[C@@H](C)C2)c1. The summed E-state index contributed by atoms with van der Waals surface area (Å²) < 4.78 is 6.53. The zero-order valence-electron chi connectivity index (χ0n) is 13.7. The van der Waals surface area contributed by atoms with Crippen molar-refractivity contribution in [3.8, 4) is 5.75 Å². The lowest BCUT2D eigenvalue weighted by atomic mass is 10.0. The Morgan fingerprint density at radius 1 is 1.25 bits per heavy atom. The lowest BCUT2D eigenvalue weighted by Gasteiger charge is -2.37. The van der Waals surface area contributed by atoms with Gasteiger partial charge in [-0.2, -0.15) is 0 Å². The van der Waals surface area contributed by atoms with E-state index in [1.807, 2.05) is 44.2 Å². The summed E-state index contributed by atoms with van der Waals surface area (Å²) in [7, 11) is 0. The summed E-state index contributed by atoms with van der Waals surface area (Å²) in [6, 6.07) is 13.4. The van der Waals surface area contributed by atoms with E-state index >= 15 is 0 Å². The summed E-state index contributed by atoms with van der Waals surface area (Å²) >= 11 is 3.30. The molecule has 0 radical (unpaired) electrons. The minimum atomic E-state index is -0.173. The molecule has 1 heterocycles. The Bertz CT molecular complexity index is 748. The molecule has 0 bridgehead atoms. The molecule has 2 atom stereocenters. The number of carbonyl (C=O) groups excluding carboxylic acids is 1. The molecule has 0 saturated carbocycles. The molecule has 1 saturated heterocycles. The van der Waals surface area contributed by atoms with Gasteiger partial charge in [0.25, 0.3) is 5.91 Å². The average Bonchev–Trinajstić information content (AvgIpc) is 2.57. The first-order chi connectivity index (χ1) is 11.5. The van der Waals surface area contributed by atoms with Crippen molar-refractivity contribution in [2.24, 2.45) is 0 Å². The van der Waals surface area contributed by atoms with E-state index in [2.05, 4.69) is 15.9 Å². The minimum absolute atomic E-state index is 0.0130. The van der Waals surface area contributed by atoms with E-state index in [9.17, 15) is 9.90 Å². The van der Waals surface area contributed by atoms with Crippen LogP contribution in [0.3, 0.4) is 0 Å². The summed E-state index contributed by atoms with van der Waals surface area (Å²) in [5, 5.41) is 10.2. The number of rotatable bonds is 2. The normalized spacial score (nSPS) is 20.9. The molecule has 1 amide bonds. The lowest BCUT2D eigenvalue weighted by Crippen LogP contribution is -2.46. The molecule has 126 valence electrons. The second-order valence-corrected chi connectivity index (χ2v) is 7.05. The van der Waals surface area contributed by atoms with Crippen molar-refractivity contribution in [2.75, 3.05) is 13.1 Å². The first kappa shape index (κ1) is 17.0. The van der Waals surface area contributed by atoms with Gasteiger partial charge in [0.15, 0.2) is 0 Å². The van der Waals surface area contributed by atoms with Crippen LogP contribution in [0.4, 0.5) is 0 Å². The summed E-state index contributed by atoms with van der Waals surface area (Å²) in [6.07, 6.45) is -0.224. The first-order valence-corrected chi connectivity index (χ1v) is 8.74. The summed E-state index contributed by atoms with van der Waals surface area (Å²) in [6.45, 7) is 4.84. The van der Waals surface area contributed by atoms with Crippen LogP contribution in [-0.2, 0) is 4.74 Å². The molecule has 1 fully saturated rings. The highest BCUT2D eigenvalue weighted by Gasteiger charge is 2.31. The number of hydrogen-bond donors (Lipinski definition) is 1. The highest BCUT2D eigenvalue weighted by molar-refractivity contribution is 9.10. The van der Waals surface area contributed by atoms with Gasteiger partial charge in [0.2, 0.25) is 0 Å². The maximum Gasteiger partial charge on any atom is 0.257 e. The van der Waals surface area contributed by atoms with E-state index < -0.39 is 0 Å². The molecule has 0 aliphatic carbocycles. The zero-order valence-corrected chi connectivity index (χ0v) is 15.3. The molecule has 5 heteroatoms. The fourth-order valence-electron chi connectivity index (χ4n) is 3.04. The summed E-state index contributed by atoms with van der Waals surface area (Å²) in [5.41, 5.74) is 2.29. The molecule has 1 N–H and O–H groups in total. The van der Waals surface area contributed by atoms with Gasteiger partial charge in [-0.25, -0.2) is 0 Å². The van der Waals surface area contributed by atoms with Crippen molar-refractivity contribution >= 4 is 21.8 Å². The van der Waals surface area contributed by atoms with Crippen molar-refractivity contribution in [3.05, 3.63) is 63.6 Å². The Balaban J connectivity index is 1.87. The number of morpholine rings is 1. The largest absolute Gasteiger partial charge is 0.506 e. The predicted molar refractivity (Wildman–Crippen MR) is 96.2 cm³/mol. The zero-order chi connectivity index (χ0) is 17.3. The standard InChI is InChI=1S/C19H20BrNO3/c1-12-8-15(18(22)16(20)9-12)19(23)21-10-13(2)24-17(11-21)14-6-4-3-5-7-14/h3-9,13,17,22H,10-11H2,1-2H3/t13-,17-/m0/s1. The average molecular weight is 390 g/mol. The number of amides is 1. The van der Waals surface area contributed by atoms with Crippen LogP contribution < -0.4 is 0 Å². The van der Waals surface area contributed by atoms with Crippen LogP contribution in [-0.4, -0.2) is 35.1 Å². The van der Waals surface area contributed by atoms with Crippen LogP contribution in [0.1, 0.15) is 34.5 Å². The van der Waals surface area contributed by atoms with Crippen LogP contribution in [0, 0.1) is 6.92 Å². The highest BCUT2D eigenvalue weighted by atomic mass is 79.9. The van der Waals surface area contributed by atoms with E-state index in [1.54, 1.807) is 17.0 Å². The third kappa shape index (κ3) is 3.47. The third-order valence-electron chi connectivity index (χ3n) is 4.16. The van der Waals surface area contributed by atoms with E-state index in [-0.39, 0.29) is 23.9 Å². The summed E-state index contributed by atoms with van der Waals surface area (Å²) in [4.78, 5) is 14.7. The van der Waals surface area contributed by atoms with Crippen molar-refractivity contribution < 1.29 is 14.6 Å².